The van der Waals surface area contributed by atoms with Crippen LogP contribution in [-0.2, 0) is 4.79 Å². The van der Waals surface area contributed by atoms with Crippen LogP contribution < -0.4 is 19.7 Å². The summed E-state index contributed by atoms with van der Waals surface area (Å²) in [6, 6.07) is 19.8. The molecule has 2 heterocycles. The van der Waals surface area contributed by atoms with E-state index in [1.165, 1.54) is 0 Å². The molecule has 2 aliphatic heterocycles. The number of hydrogen-bond acceptors (Lipinski definition) is 5. The minimum atomic E-state index is -0.211. The van der Waals surface area contributed by atoms with Gasteiger partial charge in [0, 0.05) is 28.0 Å². The number of nitrogens with zero attached hydrogens (tertiary/aromatic N) is 1. The average molecular weight is 453 g/mol. The van der Waals surface area contributed by atoms with Gasteiger partial charge in [-0.05, 0) is 54.1 Å². The Balaban J connectivity index is 1.34. The molecule has 5 rings (SSSR count). The van der Waals surface area contributed by atoms with E-state index in [2.05, 4.69) is 5.32 Å². The molecule has 3 aromatic rings. The summed E-state index contributed by atoms with van der Waals surface area (Å²) >= 11 is 7.44. The third-order valence-electron chi connectivity index (χ3n) is 5.06. The van der Waals surface area contributed by atoms with E-state index in [-0.39, 0.29) is 24.0 Å². The van der Waals surface area contributed by atoms with Crippen LogP contribution in [0.25, 0.3) is 0 Å². The molecule has 2 aliphatic rings. The van der Waals surface area contributed by atoms with Gasteiger partial charge in [0.15, 0.2) is 11.5 Å². The van der Waals surface area contributed by atoms with Crippen molar-refractivity contribution in [2.75, 3.05) is 22.8 Å². The second kappa shape index (κ2) is 8.17. The van der Waals surface area contributed by atoms with Crippen molar-refractivity contribution in [1.29, 1.82) is 0 Å². The van der Waals surface area contributed by atoms with Crippen LogP contribution in [0.15, 0.2) is 66.7 Å². The molecule has 1 saturated heterocycles. The van der Waals surface area contributed by atoms with Gasteiger partial charge in [0.05, 0.1) is 5.75 Å². The van der Waals surface area contributed by atoms with Gasteiger partial charge in [-0.2, -0.15) is 0 Å². The van der Waals surface area contributed by atoms with Crippen molar-refractivity contribution in [2.45, 2.75) is 5.37 Å². The molecule has 0 spiro atoms. The van der Waals surface area contributed by atoms with E-state index in [1.54, 1.807) is 40.9 Å². The molecule has 2 amide bonds. The number of anilines is 2. The largest absolute Gasteiger partial charge is 0.454 e. The Hall–Kier alpha value is -3.16. The fraction of sp³-hybridized carbons (Fsp3) is 0.130. The molecule has 0 radical (unpaired) electrons. The SMILES string of the molecule is O=C(Nc1ccc([C@H]2SCC(=O)N2c2ccc3c(c2)OCO3)cc1)c1ccc(Cl)cc1. The lowest BCUT2D eigenvalue weighted by atomic mass is 10.1. The summed E-state index contributed by atoms with van der Waals surface area (Å²) in [5, 5.41) is 3.30. The van der Waals surface area contributed by atoms with Crippen LogP contribution in [0.4, 0.5) is 11.4 Å². The molecule has 0 aromatic heterocycles. The first-order chi connectivity index (χ1) is 15.1. The first-order valence-corrected chi connectivity index (χ1v) is 11.0. The number of rotatable bonds is 4. The van der Waals surface area contributed by atoms with Crippen molar-refractivity contribution in [2.24, 2.45) is 0 Å². The zero-order chi connectivity index (χ0) is 21.4. The maximum atomic E-state index is 12.6. The van der Waals surface area contributed by atoms with Crippen LogP contribution in [0.5, 0.6) is 11.5 Å². The third kappa shape index (κ3) is 3.94. The highest BCUT2D eigenvalue weighted by atomic mass is 35.5. The minimum absolute atomic E-state index is 0.0361. The van der Waals surface area contributed by atoms with E-state index in [4.69, 9.17) is 21.1 Å². The van der Waals surface area contributed by atoms with Gasteiger partial charge in [-0.3, -0.25) is 14.5 Å². The van der Waals surface area contributed by atoms with Gasteiger partial charge in [0.1, 0.15) is 5.37 Å². The van der Waals surface area contributed by atoms with E-state index in [1.807, 2.05) is 42.5 Å². The second-order valence-electron chi connectivity index (χ2n) is 7.05. The summed E-state index contributed by atoms with van der Waals surface area (Å²) < 4.78 is 10.8. The predicted octanol–water partition coefficient (Wildman–Crippen LogP) is 5.10. The Labute approximate surface area is 188 Å². The Morgan fingerprint density at radius 1 is 1.00 bits per heavy atom. The fourth-order valence-corrected chi connectivity index (χ4v) is 4.82. The molecule has 31 heavy (non-hydrogen) atoms. The Bertz CT molecular complexity index is 1150. The van der Waals surface area contributed by atoms with Gasteiger partial charge < -0.3 is 14.8 Å². The smallest absolute Gasteiger partial charge is 0.255 e. The molecule has 6 nitrogen and oxygen atoms in total. The second-order valence-corrected chi connectivity index (χ2v) is 8.55. The highest BCUT2D eigenvalue weighted by Crippen LogP contribution is 2.44. The molecular weight excluding hydrogens is 436 g/mol. The Kier molecular flexibility index (Phi) is 5.21. The molecule has 8 heteroatoms. The summed E-state index contributed by atoms with van der Waals surface area (Å²) in [7, 11) is 0. The van der Waals surface area contributed by atoms with Crippen molar-refractivity contribution >= 4 is 46.6 Å². The standard InChI is InChI=1S/C23H17ClN2O4S/c24-16-5-1-14(2-6-16)22(28)25-17-7-3-15(4-8-17)23-26(21(27)12-31-23)18-9-10-19-20(11-18)30-13-29-19/h1-11,23H,12-13H2,(H,25,28)/t23-/m1/s1. The van der Waals surface area contributed by atoms with Crippen molar-refractivity contribution < 1.29 is 19.1 Å². The van der Waals surface area contributed by atoms with Crippen LogP contribution in [0.2, 0.25) is 5.02 Å². The number of carbonyl (C=O) groups excluding carboxylic acids is 2. The molecule has 156 valence electrons. The molecule has 0 saturated carbocycles. The quantitative estimate of drug-likeness (QED) is 0.596. The summed E-state index contributed by atoms with van der Waals surface area (Å²) in [4.78, 5) is 26.8. The first kappa shape index (κ1) is 19.8. The molecule has 1 fully saturated rings. The molecular formula is C23H17ClN2O4S. The van der Waals surface area contributed by atoms with E-state index in [9.17, 15) is 9.59 Å². The van der Waals surface area contributed by atoms with Crippen LogP contribution in [0.1, 0.15) is 21.3 Å². The molecule has 0 unspecified atom stereocenters. The van der Waals surface area contributed by atoms with Gasteiger partial charge in [-0.25, -0.2) is 0 Å². The first-order valence-electron chi connectivity index (χ1n) is 9.59. The van der Waals surface area contributed by atoms with Crippen molar-refractivity contribution in [3.05, 3.63) is 82.9 Å². The number of carbonyl (C=O) groups is 2. The Morgan fingerprint density at radius 3 is 2.52 bits per heavy atom. The van der Waals surface area contributed by atoms with E-state index >= 15 is 0 Å². The van der Waals surface area contributed by atoms with Gasteiger partial charge >= 0.3 is 0 Å². The van der Waals surface area contributed by atoms with E-state index in [0.717, 1.165) is 11.3 Å². The molecule has 1 atom stereocenters. The molecule has 3 aromatic carbocycles. The molecule has 0 bridgehead atoms. The topological polar surface area (TPSA) is 67.9 Å². The minimum Gasteiger partial charge on any atom is -0.454 e. The van der Waals surface area contributed by atoms with E-state index < -0.39 is 0 Å². The highest BCUT2D eigenvalue weighted by Gasteiger charge is 2.34. The van der Waals surface area contributed by atoms with E-state index in [0.29, 0.717) is 33.5 Å². The zero-order valence-electron chi connectivity index (χ0n) is 16.2. The number of hydrogen-bond donors (Lipinski definition) is 1. The monoisotopic (exact) mass is 452 g/mol. The zero-order valence-corrected chi connectivity index (χ0v) is 17.8. The van der Waals surface area contributed by atoms with Crippen LogP contribution in [-0.4, -0.2) is 24.4 Å². The number of ether oxygens (including phenoxy) is 2. The van der Waals surface area contributed by atoms with Crippen LogP contribution in [0, 0.1) is 0 Å². The number of fused-ring (bicyclic) bond motifs is 1. The van der Waals surface area contributed by atoms with Crippen molar-refractivity contribution in [3.63, 3.8) is 0 Å². The summed E-state index contributed by atoms with van der Waals surface area (Å²) in [5.74, 6) is 1.54. The maximum absolute atomic E-state index is 12.6. The van der Waals surface area contributed by atoms with Gasteiger partial charge in [0.25, 0.3) is 5.91 Å². The maximum Gasteiger partial charge on any atom is 0.255 e. The predicted molar refractivity (Wildman–Crippen MR) is 121 cm³/mol. The van der Waals surface area contributed by atoms with Crippen molar-refractivity contribution in [3.8, 4) is 11.5 Å². The normalized spacial score (nSPS) is 17.1. The lowest BCUT2D eigenvalue weighted by molar-refractivity contribution is -0.115. The number of benzene rings is 3. The van der Waals surface area contributed by atoms with Gasteiger partial charge in [0.2, 0.25) is 12.7 Å². The third-order valence-corrected chi connectivity index (χ3v) is 6.53. The van der Waals surface area contributed by atoms with Gasteiger partial charge in [-0.15, -0.1) is 11.8 Å². The fourth-order valence-electron chi connectivity index (χ4n) is 3.52. The lowest BCUT2D eigenvalue weighted by Gasteiger charge is -2.24. The van der Waals surface area contributed by atoms with Crippen LogP contribution in [0.3, 0.4) is 0 Å². The lowest BCUT2D eigenvalue weighted by Crippen LogP contribution is -2.27. The number of halogens is 1. The highest BCUT2D eigenvalue weighted by molar-refractivity contribution is 8.00. The van der Waals surface area contributed by atoms with Crippen molar-refractivity contribution in [1.82, 2.24) is 0 Å². The average Bonchev–Trinajstić information content (AvgIpc) is 3.40. The van der Waals surface area contributed by atoms with Crippen LogP contribution >= 0.6 is 23.4 Å². The summed E-state index contributed by atoms with van der Waals surface area (Å²) in [6.07, 6.45) is 0. The Morgan fingerprint density at radius 2 is 1.74 bits per heavy atom. The number of amides is 2. The number of thioether (sulfide) groups is 1. The molecule has 1 N–H and O–H groups in total. The summed E-state index contributed by atoms with van der Waals surface area (Å²) in [6.45, 7) is 0.189. The number of nitrogens with one attached hydrogen (secondary N) is 1. The summed E-state index contributed by atoms with van der Waals surface area (Å²) in [5.41, 5.74) is 2.94. The molecule has 0 aliphatic carbocycles. The van der Waals surface area contributed by atoms with Gasteiger partial charge in [-0.1, -0.05) is 23.7 Å².